The summed E-state index contributed by atoms with van der Waals surface area (Å²) in [5.41, 5.74) is 5.25. The third-order valence-electron chi connectivity index (χ3n) is 2.23. The minimum atomic E-state index is -1.01. The van der Waals surface area contributed by atoms with Gasteiger partial charge in [-0.25, -0.2) is 4.79 Å². The van der Waals surface area contributed by atoms with Crippen LogP contribution in [0.1, 0.15) is 12.5 Å². The van der Waals surface area contributed by atoms with Crippen molar-refractivity contribution in [2.24, 2.45) is 5.73 Å². The van der Waals surface area contributed by atoms with E-state index in [1.54, 1.807) is 24.3 Å². The topological polar surface area (TPSA) is 119 Å². The van der Waals surface area contributed by atoms with Gasteiger partial charge in [0.2, 0.25) is 0 Å². The number of imide groups is 1. The zero-order valence-corrected chi connectivity index (χ0v) is 10.3. The summed E-state index contributed by atoms with van der Waals surface area (Å²) < 4.78 is 5.33. The minimum absolute atomic E-state index is 0.222. The number of benzene rings is 1. The van der Waals surface area contributed by atoms with E-state index < -0.39 is 24.0 Å². The molecule has 0 heterocycles. The molecule has 0 aliphatic carbocycles. The Balaban J connectivity index is 2.78. The summed E-state index contributed by atoms with van der Waals surface area (Å²) in [5.74, 6) is -1.43. The van der Waals surface area contributed by atoms with Crippen LogP contribution < -0.4 is 15.8 Å². The van der Waals surface area contributed by atoms with Gasteiger partial charge in [0, 0.05) is 5.56 Å². The summed E-state index contributed by atoms with van der Waals surface area (Å²) in [7, 11) is 0. The summed E-state index contributed by atoms with van der Waals surface area (Å²) in [6.45, 7) is 1.43. The van der Waals surface area contributed by atoms with E-state index in [-0.39, 0.29) is 12.2 Å². The van der Waals surface area contributed by atoms with Gasteiger partial charge in [0.15, 0.2) is 6.10 Å². The molecule has 0 aromatic heterocycles. The molecule has 4 N–H and O–H groups in total. The Bertz CT molecular complexity index is 501. The van der Waals surface area contributed by atoms with E-state index in [0.717, 1.165) is 0 Å². The molecule has 0 spiro atoms. The Kier molecular flexibility index (Phi) is 4.87. The van der Waals surface area contributed by atoms with E-state index in [4.69, 9.17) is 15.6 Å². The molecule has 1 aromatic carbocycles. The second kappa shape index (κ2) is 6.39. The Labute approximate surface area is 109 Å². The normalized spacial score (nSPS) is 11.4. The fourth-order valence-electron chi connectivity index (χ4n) is 1.39. The fourth-order valence-corrected chi connectivity index (χ4v) is 1.39. The molecule has 0 saturated heterocycles. The highest BCUT2D eigenvalue weighted by molar-refractivity contribution is 5.95. The van der Waals surface area contributed by atoms with Gasteiger partial charge in [-0.05, 0) is 13.0 Å². The highest BCUT2D eigenvalue weighted by Crippen LogP contribution is 2.20. The molecule has 0 bridgehead atoms. The zero-order valence-electron chi connectivity index (χ0n) is 10.3. The van der Waals surface area contributed by atoms with E-state index in [0.29, 0.717) is 5.56 Å². The Morgan fingerprint density at radius 1 is 1.37 bits per heavy atom. The molecule has 1 atom stereocenters. The van der Waals surface area contributed by atoms with Gasteiger partial charge in [0.1, 0.15) is 5.75 Å². The van der Waals surface area contributed by atoms with Crippen molar-refractivity contribution >= 4 is 17.9 Å². The molecular formula is C12H14N2O5. The Hall–Kier alpha value is -2.57. The predicted octanol–water partition coefficient (Wildman–Crippen LogP) is 0.276. The van der Waals surface area contributed by atoms with Crippen LogP contribution in [-0.4, -0.2) is 29.1 Å². The highest BCUT2D eigenvalue weighted by Gasteiger charge is 2.18. The standard InChI is InChI=1S/C12H14N2O5/c1-7(11(17)14-12(13)18)19-9-5-3-2-4-8(9)6-10(15)16/h2-5,7H,6H2,1H3,(H,15,16)(H3,13,14,17,18). The summed E-state index contributed by atoms with van der Waals surface area (Å²) in [6.07, 6.45) is -1.19. The van der Waals surface area contributed by atoms with Gasteiger partial charge in [-0.2, -0.15) is 0 Å². The number of carbonyl (C=O) groups excluding carboxylic acids is 2. The Morgan fingerprint density at radius 2 is 2.00 bits per heavy atom. The summed E-state index contributed by atoms with van der Waals surface area (Å²) in [5, 5.41) is 10.6. The molecule has 0 saturated carbocycles. The number of aliphatic carboxylic acids is 1. The molecule has 7 nitrogen and oxygen atoms in total. The van der Waals surface area contributed by atoms with Crippen molar-refractivity contribution in [3.05, 3.63) is 29.8 Å². The number of hydrogen-bond donors (Lipinski definition) is 3. The van der Waals surface area contributed by atoms with Gasteiger partial charge in [-0.3, -0.25) is 14.9 Å². The van der Waals surface area contributed by atoms with Crippen LogP contribution in [0.15, 0.2) is 24.3 Å². The summed E-state index contributed by atoms with van der Waals surface area (Å²) in [4.78, 5) is 32.7. The predicted molar refractivity (Wildman–Crippen MR) is 65.6 cm³/mol. The van der Waals surface area contributed by atoms with E-state index in [2.05, 4.69) is 0 Å². The largest absolute Gasteiger partial charge is 0.481 e. The van der Waals surface area contributed by atoms with Crippen molar-refractivity contribution in [2.45, 2.75) is 19.4 Å². The minimum Gasteiger partial charge on any atom is -0.481 e. The first-order valence-electron chi connectivity index (χ1n) is 5.46. The lowest BCUT2D eigenvalue weighted by atomic mass is 10.1. The monoisotopic (exact) mass is 266 g/mol. The van der Waals surface area contributed by atoms with Crippen LogP contribution in [0, 0.1) is 0 Å². The number of primary amides is 1. The third-order valence-corrected chi connectivity index (χ3v) is 2.23. The van der Waals surface area contributed by atoms with Crippen LogP contribution in [0.4, 0.5) is 4.79 Å². The second-order valence-electron chi connectivity index (χ2n) is 3.79. The van der Waals surface area contributed by atoms with E-state index in [1.807, 2.05) is 5.32 Å². The molecule has 0 aliphatic heterocycles. The lowest BCUT2D eigenvalue weighted by molar-refractivity contribution is -0.136. The maximum Gasteiger partial charge on any atom is 0.318 e. The number of nitrogens with two attached hydrogens (primary N) is 1. The molecule has 0 fully saturated rings. The molecule has 1 unspecified atom stereocenters. The number of urea groups is 1. The van der Waals surface area contributed by atoms with Crippen molar-refractivity contribution in [3.8, 4) is 5.75 Å². The quantitative estimate of drug-likeness (QED) is 0.707. The van der Waals surface area contributed by atoms with Gasteiger partial charge < -0.3 is 15.6 Å². The average Bonchev–Trinajstić information content (AvgIpc) is 2.30. The molecule has 102 valence electrons. The molecule has 7 heteroatoms. The van der Waals surface area contributed by atoms with Crippen molar-refractivity contribution in [3.63, 3.8) is 0 Å². The van der Waals surface area contributed by atoms with E-state index >= 15 is 0 Å². The molecule has 19 heavy (non-hydrogen) atoms. The number of para-hydroxylation sites is 1. The maximum atomic E-state index is 11.4. The third kappa shape index (κ3) is 4.66. The summed E-state index contributed by atoms with van der Waals surface area (Å²) >= 11 is 0. The van der Waals surface area contributed by atoms with Crippen molar-refractivity contribution in [1.29, 1.82) is 0 Å². The Morgan fingerprint density at radius 3 is 2.58 bits per heavy atom. The van der Waals surface area contributed by atoms with Crippen molar-refractivity contribution in [1.82, 2.24) is 5.32 Å². The van der Waals surface area contributed by atoms with Crippen LogP contribution in [0.25, 0.3) is 0 Å². The lowest BCUT2D eigenvalue weighted by Gasteiger charge is -2.15. The fraction of sp³-hybridized carbons (Fsp3) is 0.250. The van der Waals surface area contributed by atoms with Gasteiger partial charge in [-0.15, -0.1) is 0 Å². The number of hydrogen-bond acceptors (Lipinski definition) is 4. The van der Waals surface area contributed by atoms with E-state index in [1.165, 1.54) is 6.92 Å². The van der Waals surface area contributed by atoms with Gasteiger partial charge in [0.05, 0.1) is 6.42 Å². The maximum absolute atomic E-state index is 11.4. The molecule has 1 rings (SSSR count). The van der Waals surface area contributed by atoms with Gasteiger partial charge >= 0.3 is 12.0 Å². The molecule has 1 aromatic rings. The van der Waals surface area contributed by atoms with Crippen LogP contribution in [0.3, 0.4) is 0 Å². The van der Waals surface area contributed by atoms with Crippen LogP contribution in [0.5, 0.6) is 5.75 Å². The molecular weight excluding hydrogens is 252 g/mol. The number of carbonyl (C=O) groups is 3. The number of amides is 3. The van der Waals surface area contributed by atoms with Crippen molar-refractivity contribution in [2.75, 3.05) is 0 Å². The second-order valence-corrected chi connectivity index (χ2v) is 3.79. The molecule has 0 radical (unpaired) electrons. The number of rotatable bonds is 5. The number of ether oxygens (including phenoxy) is 1. The lowest BCUT2D eigenvalue weighted by Crippen LogP contribution is -2.42. The number of nitrogens with one attached hydrogen (secondary N) is 1. The van der Waals surface area contributed by atoms with E-state index in [9.17, 15) is 14.4 Å². The van der Waals surface area contributed by atoms with Crippen molar-refractivity contribution < 1.29 is 24.2 Å². The van der Waals surface area contributed by atoms with Crippen LogP contribution >= 0.6 is 0 Å². The first-order chi connectivity index (χ1) is 8.90. The smallest absolute Gasteiger partial charge is 0.318 e. The van der Waals surface area contributed by atoms with Crippen LogP contribution in [0.2, 0.25) is 0 Å². The number of carboxylic acid groups (broad SMARTS) is 1. The first-order valence-corrected chi connectivity index (χ1v) is 5.46. The highest BCUT2D eigenvalue weighted by atomic mass is 16.5. The summed E-state index contributed by atoms with van der Waals surface area (Å²) in [6, 6.07) is 5.48. The first kappa shape index (κ1) is 14.5. The van der Waals surface area contributed by atoms with Crippen LogP contribution in [-0.2, 0) is 16.0 Å². The molecule has 0 aliphatic rings. The van der Waals surface area contributed by atoms with Gasteiger partial charge in [0.25, 0.3) is 5.91 Å². The SMILES string of the molecule is CC(Oc1ccccc1CC(=O)O)C(=O)NC(N)=O. The zero-order chi connectivity index (χ0) is 14.4. The molecule has 3 amide bonds. The van der Waals surface area contributed by atoms with Gasteiger partial charge in [-0.1, -0.05) is 18.2 Å². The average molecular weight is 266 g/mol. The number of carboxylic acids is 1.